The molecule has 0 saturated carbocycles. The van der Waals surface area contributed by atoms with Crippen LogP contribution in [0.5, 0.6) is 0 Å². The van der Waals surface area contributed by atoms with Crippen molar-refractivity contribution in [3.63, 3.8) is 0 Å². The number of carboxylic acid groups (broad SMARTS) is 1. The smallest absolute Gasteiger partial charge is 0.320 e. The maximum atomic E-state index is 11.8. The van der Waals surface area contributed by atoms with Crippen molar-refractivity contribution in [1.29, 1.82) is 0 Å². The molecule has 2 aliphatic rings. The molecular formula is C11H19NO4S. The first-order chi connectivity index (χ1) is 7.99. The van der Waals surface area contributed by atoms with E-state index in [1.807, 2.05) is 0 Å². The van der Waals surface area contributed by atoms with Gasteiger partial charge in [0.25, 0.3) is 0 Å². The molecule has 0 aromatic carbocycles. The van der Waals surface area contributed by atoms with Crippen LogP contribution in [0.3, 0.4) is 0 Å². The van der Waals surface area contributed by atoms with E-state index in [0.717, 1.165) is 19.3 Å². The predicted molar refractivity (Wildman–Crippen MR) is 63.6 cm³/mol. The SMILES string of the molecule is O=C(O)C1CC(CC2CCCCS2(=O)=O)CN1. The van der Waals surface area contributed by atoms with Gasteiger partial charge in [0.15, 0.2) is 9.84 Å². The Hall–Kier alpha value is -0.620. The van der Waals surface area contributed by atoms with Gasteiger partial charge in [-0.25, -0.2) is 8.42 Å². The van der Waals surface area contributed by atoms with E-state index in [1.54, 1.807) is 0 Å². The summed E-state index contributed by atoms with van der Waals surface area (Å²) in [6.45, 7) is 0.628. The van der Waals surface area contributed by atoms with E-state index >= 15 is 0 Å². The molecule has 17 heavy (non-hydrogen) atoms. The van der Waals surface area contributed by atoms with Crippen molar-refractivity contribution >= 4 is 15.8 Å². The lowest BCUT2D eigenvalue weighted by Crippen LogP contribution is -2.30. The van der Waals surface area contributed by atoms with Crippen LogP contribution < -0.4 is 5.32 Å². The first-order valence-corrected chi connectivity index (χ1v) is 7.88. The average molecular weight is 261 g/mol. The lowest BCUT2D eigenvalue weighted by molar-refractivity contribution is -0.139. The summed E-state index contributed by atoms with van der Waals surface area (Å²) in [5.74, 6) is -0.340. The monoisotopic (exact) mass is 261 g/mol. The average Bonchev–Trinajstić information content (AvgIpc) is 2.70. The number of sulfone groups is 1. The van der Waals surface area contributed by atoms with Gasteiger partial charge in [-0.15, -0.1) is 0 Å². The van der Waals surface area contributed by atoms with E-state index < -0.39 is 21.8 Å². The van der Waals surface area contributed by atoms with Gasteiger partial charge in [0.1, 0.15) is 6.04 Å². The fourth-order valence-corrected chi connectivity index (χ4v) is 4.87. The van der Waals surface area contributed by atoms with Gasteiger partial charge in [0.2, 0.25) is 0 Å². The summed E-state index contributed by atoms with van der Waals surface area (Å²) < 4.78 is 23.7. The molecule has 0 amide bonds. The van der Waals surface area contributed by atoms with Crippen molar-refractivity contribution in [2.45, 2.75) is 43.4 Å². The molecule has 0 aromatic rings. The van der Waals surface area contributed by atoms with E-state index in [1.165, 1.54) is 0 Å². The molecule has 5 nitrogen and oxygen atoms in total. The van der Waals surface area contributed by atoms with Gasteiger partial charge in [0, 0.05) is 0 Å². The molecule has 0 radical (unpaired) electrons. The molecule has 0 aromatic heterocycles. The summed E-state index contributed by atoms with van der Waals surface area (Å²) in [5.41, 5.74) is 0. The minimum absolute atomic E-state index is 0.189. The summed E-state index contributed by atoms with van der Waals surface area (Å²) in [7, 11) is -2.92. The molecule has 2 rings (SSSR count). The Morgan fingerprint density at radius 3 is 2.71 bits per heavy atom. The van der Waals surface area contributed by atoms with E-state index in [9.17, 15) is 13.2 Å². The largest absolute Gasteiger partial charge is 0.480 e. The maximum Gasteiger partial charge on any atom is 0.320 e. The lowest BCUT2D eigenvalue weighted by Gasteiger charge is -2.24. The first kappa shape index (κ1) is 12.8. The lowest BCUT2D eigenvalue weighted by atomic mass is 9.97. The number of carbonyl (C=O) groups is 1. The standard InChI is InChI=1S/C11H19NO4S/c13-11(14)10-6-8(7-12-10)5-9-3-1-2-4-17(9,15)16/h8-10,12H,1-7H2,(H,13,14). The molecule has 6 heteroatoms. The van der Waals surface area contributed by atoms with Crippen LogP contribution in [0.15, 0.2) is 0 Å². The van der Waals surface area contributed by atoms with Crippen molar-refractivity contribution in [1.82, 2.24) is 5.32 Å². The quantitative estimate of drug-likeness (QED) is 0.768. The number of hydrogen-bond donors (Lipinski definition) is 2. The highest BCUT2D eigenvalue weighted by molar-refractivity contribution is 7.92. The van der Waals surface area contributed by atoms with Crippen LogP contribution in [0, 0.1) is 5.92 Å². The van der Waals surface area contributed by atoms with Gasteiger partial charge in [-0.3, -0.25) is 4.79 Å². The number of carboxylic acids is 1. The summed E-state index contributed by atoms with van der Waals surface area (Å²) >= 11 is 0. The zero-order valence-electron chi connectivity index (χ0n) is 9.76. The molecule has 2 aliphatic heterocycles. The molecule has 0 aliphatic carbocycles. The number of aliphatic carboxylic acids is 1. The van der Waals surface area contributed by atoms with Crippen LogP contribution in [-0.2, 0) is 14.6 Å². The molecule has 98 valence electrons. The fraction of sp³-hybridized carbons (Fsp3) is 0.909. The second kappa shape index (κ2) is 4.94. The summed E-state index contributed by atoms with van der Waals surface area (Å²) in [5, 5.41) is 11.5. The zero-order chi connectivity index (χ0) is 12.5. The van der Waals surface area contributed by atoms with Crippen LogP contribution in [0.1, 0.15) is 32.1 Å². The molecule has 0 spiro atoms. The Morgan fingerprint density at radius 2 is 2.12 bits per heavy atom. The number of nitrogens with one attached hydrogen (secondary N) is 1. The van der Waals surface area contributed by atoms with Gasteiger partial charge in [0.05, 0.1) is 11.0 Å². The maximum absolute atomic E-state index is 11.8. The van der Waals surface area contributed by atoms with Crippen molar-refractivity contribution in [3.05, 3.63) is 0 Å². The third-order valence-corrected chi connectivity index (χ3v) is 6.13. The second-order valence-corrected chi connectivity index (χ2v) is 7.52. The summed E-state index contributed by atoms with van der Waals surface area (Å²) in [6.07, 6.45) is 3.68. The van der Waals surface area contributed by atoms with E-state index in [0.29, 0.717) is 25.1 Å². The Kier molecular flexibility index (Phi) is 3.73. The Balaban J connectivity index is 1.91. The summed E-state index contributed by atoms with van der Waals surface area (Å²) in [4.78, 5) is 10.8. The Labute approximate surface area is 102 Å². The molecular weight excluding hydrogens is 242 g/mol. The Bertz CT molecular complexity index is 392. The van der Waals surface area contributed by atoms with Crippen LogP contribution in [0.2, 0.25) is 0 Å². The molecule has 2 saturated heterocycles. The summed E-state index contributed by atoms with van der Waals surface area (Å²) in [6, 6.07) is -0.494. The highest BCUT2D eigenvalue weighted by Crippen LogP contribution is 2.28. The first-order valence-electron chi connectivity index (χ1n) is 6.17. The van der Waals surface area contributed by atoms with Crippen LogP contribution >= 0.6 is 0 Å². The second-order valence-electron chi connectivity index (χ2n) is 5.12. The zero-order valence-corrected chi connectivity index (χ0v) is 10.6. The van der Waals surface area contributed by atoms with Crippen molar-refractivity contribution < 1.29 is 18.3 Å². The third kappa shape index (κ3) is 2.98. The van der Waals surface area contributed by atoms with Crippen molar-refractivity contribution in [3.8, 4) is 0 Å². The molecule has 2 heterocycles. The normalized spacial score (nSPS) is 36.8. The highest BCUT2D eigenvalue weighted by atomic mass is 32.2. The van der Waals surface area contributed by atoms with Gasteiger partial charge in [-0.2, -0.15) is 0 Å². The number of hydrogen-bond acceptors (Lipinski definition) is 4. The van der Waals surface area contributed by atoms with Crippen LogP contribution in [-0.4, -0.2) is 43.1 Å². The molecule has 2 fully saturated rings. The molecule has 3 unspecified atom stereocenters. The van der Waals surface area contributed by atoms with Crippen molar-refractivity contribution in [2.75, 3.05) is 12.3 Å². The Morgan fingerprint density at radius 1 is 1.35 bits per heavy atom. The highest BCUT2D eigenvalue weighted by Gasteiger charge is 2.35. The van der Waals surface area contributed by atoms with E-state index in [-0.39, 0.29) is 11.2 Å². The topological polar surface area (TPSA) is 83.5 Å². The molecule has 2 N–H and O–H groups in total. The minimum atomic E-state index is -2.92. The van der Waals surface area contributed by atoms with Crippen LogP contribution in [0.25, 0.3) is 0 Å². The van der Waals surface area contributed by atoms with Gasteiger partial charge < -0.3 is 10.4 Å². The van der Waals surface area contributed by atoms with E-state index in [4.69, 9.17) is 5.11 Å². The molecule has 0 bridgehead atoms. The van der Waals surface area contributed by atoms with Crippen molar-refractivity contribution in [2.24, 2.45) is 5.92 Å². The van der Waals surface area contributed by atoms with Gasteiger partial charge in [-0.1, -0.05) is 6.42 Å². The van der Waals surface area contributed by atoms with Crippen LogP contribution in [0.4, 0.5) is 0 Å². The molecule has 3 atom stereocenters. The van der Waals surface area contributed by atoms with Gasteiger partial charge >= 0.3 is 5.97 Å². The van der Waals surface area contributed by atoms with Gasteiger partial charge in [-0.05, 0) is 38.1 Å². The van der Waals surface area contributed by atoms with E-state index in [2.05, 4.69) is 5.32 Å². The number of rotatable bonds is 3. The predicted octanol–water partition coefficient (Wildman–Crippen LogP) is 0.407. The third-order valence-electron chi connectivity index (χ3n) is 3.83. The fourth-order valence-electron chi connectivity index (χ4n) is 2.83. The minimum Gasteiger partial charge on any atom is -0.480 e.